The number of phenols is 1. The second-order valence-corrected chi connectivity index (χ2v) is 7.78. The quantitative estimate of drug-likeness (QED) is 0.236. The smallest absolute Gasteiger partial charge is 0.320 e. The van der Waals surface area contributed by atoms with Gasteiger partial charge in [0.05, 0.1) is 17.7 Å². The van der Waals surface area contributed by atoms with Gasteiger partial charge in [-0.25, -0.2) is 5.43 Å². The lowest BCUT2D eigenvalue weighted by atomic mass is 10.0. The predicted molar refractivity (Wildman–Crippen MR) is 123 cm³/mol. The number of benzene rings is 3. The molecule has 0 radical (unpaired) electrons. The van der Waals surface area contributed by atoms with Crippen LogP contribution in [0.4, 0.5) is 5.69 Å². The molecule has 2 N–H and O–H groups in total. The van der Waals surface area contributed by atoms with Gasteiger partial charge in [-0.2, -0.15) is 10.2 Å². The number of aromatic nitrogens is 2. The van der Waals surface area contributed by atoms with Crippen LogP contribution >= 0.6 is 15.9 Å². The molecule has 9 nitrogen and oxygen atoms in total. The van der Waals surface area contributed by atoms with Crippen molar-refractivity contribution in [3.05, 3.63) is 98.3 Å². The highest BCUT2D eigenvalue weighted by Crippen LogP contribution is 2.25. The van der Waals surface area contributed by atoms with Gasteiger partial charge in [0.2, 0.25) is 5.69 Å². The number of carbonyl (C=O) groups excluding carboxylic acids is 1. The second kappa shape index (κ2) is 8.98. The predicted octanol–water partition coefficient (Wildman–Crippen LogP) is 4.22. The van der Waals surface area contributed by atoms with Crippen LogP contribution in [-0.2, 0) is 6.54 Å². The van der Waals surface area contributed by atoms with E-state index in [2.05, 4.69) is 31.6 Å². The first-order valence-electron chi connectivity index (χ1n) is 9.43. The zero-order valence-electron chi connectivity index (χ0n) is 16.5. The average molecular weight is 494 g/mol. The number of rotatable bonds is 6. The van der Waals surface area contributed by atoms with Gasteiger partial charge in [-0.1, -0.05) is 58.4 Å². The summed E-state index contributed by atoms with van der Waals surface area (Å²) < 4.78 is 2.19. The fourth-order valence-electron chi connectivity index (χ4n) is 3.24. The maximum Gasteiger partial charge on any atom is 0.320 e. The van der Waals surface area contributed by atoms with E-state index < -0.39 is 16.5 Å². The van der Waals surface area contributed by atoms with Gasteiger partial charge < -0.3 is 5.11 Å². The van der Waals surface area contributed by atoms with Crippen LogP contribution in [0.1, 0.15) is 21.6 Å². The maximum atomic E-state index is 12.6. The van der Waals surface area contributed by atoms with Gasteiger partial charge in [0.1, 0.15) is 11.9 Å². The molecule has 0 saturated carbocycles. The third kappa shape index (κ3) is 4.49. The second-order valence-electron chi connectivity index (χ2n) is 6.87. The molecule has 10 heteroatoms. The van der Waals surface area contributed by atoms with E-state index in [9.17, 15) is 20.0 Å². The maximum absolute atomic E-state index is 12.6. The van der Waals surface area contributed by atoms with E-state index in [-0.39, 0.29) is 18.0 Å². The van der Waals surface area contributed by atoms with Crippen molar-refractivity contribution >= 4 is 44.5 Å². The summed E-state index contributed by atoms with van der Waals surface area (Å²) in [7, 11) is 0. The minimum atomic E-state index is -0.833. The third-order valence-electron chi connectivity index (χ3n) is 4.70. The molecule has 0 unspecified atom stereocenters. The molecule has 0 atom stereocenters. The van der Waals surface area contributed by atoms with E-state index in [1.165, 1.54) is 23.2 Å². The summed E-state index contributed by atoms with van der Waals surface area (Å²) in [6.45, 7) is 0.251. The molecule has 4 rings (SSSR count). The number of hydrogen-bond donors (Lipinski definition) is 2. The monoisotopic (exact) mass is 493 g/mol. The molecule has 3 aromatic carbocycles. The first kappa shape index (κ1) is 21.2. The Labute approximate surface area is 190 Å². The van der Waals surface area contributed by atoms with Crippen molar-refractivity contribution in [1.29, 1.82) is 0 Å². The molecule has 4 aromatic rings. The summed E-state index contributed by atoms with van der Waals surface area (Å²) in [5.74, 6) is -0.841. The van der Waals surface area contributed by atoms with Crippen LogP contribution in [0.5, 0.6) is 5.75 Å². The highest BCUT2D eigenvalue weighted by atomic mass is 79.9. The zero-order chi connectivity index (χ0) is 22.7. The van der Waals surface area contributed by atoms with E-state index in [1.807, 2.05) is 48.5 Å². The molecule has 0 bridgehead atoms. The summed E-state index contributed by atoms with van der Waals surface area (Å²) in [4.78, 5) is 23.3. The van der Waals surface area contributed by atoms with Crippen LogP contribution in [0.2, 0.25) is 0 Å². The number of nitrogens with zero attached hydrogens (tertiary/aromatic N) is 4. The number of amides is 1. The van der Waals surface area contributed by atoms with E-state index in [0.29, 0.717) is 5.56 Å². The van der Waals surface area contributed by atoms with Crippen molar-refractivity contribution in [3.63, 3.8) is 0 Å². The molecular weight excluding hydrogens is 478 g/mol. The highest BCUT2D eigenvalue weighted by Gasteiger charge is 2.25. The number of halogens is 1. The Morgan fingerprint density at radius 3 is 2.81 bits per heavy atom. The molecule has 0 spiro atoms. The largest absolute Gasteiger partial charge is 0.507 e. The van der Waals surface area contributed by atoms with Gasteiger partial charge in [-0.15, -0.1) is 0 Å². The summed E-state index contributed by atoms with van der Waals surface area (Å²) in [5, 5.41) is 31.2. The van der Waals surface area contributed by atoms with Crippen molar-refractivity contribution in [2.75, 3.05) is 0 Å². The molecule has 1 aromatic heterocycles. The van der Waals surface area contributed by atoms with Crippen LogP contribution in [0.15, 0.2) is 76.4 Å². The van der Waals surface area contributed by atoms with Gasteiger partial charge in [0.25, 0.3) is 5.91 Å². The number of nitro groups is 1. The van der Waals surface area contributed by atoms with Gasteiger partial charge >= 0.3 is 5.69 Å². The lowest BCUT2D eigenvalue weighted by Crippen LogP contribution is -2.19. The average Bonchev–Trinajstić information content (AvgIpc) is 3.19. The standard InChI is InChI=1S/C22H16BrN5O4/c23-16-6-3-4-14(10-16)12-27-13-19(28(31)32)21(26-27)22(30)25-24-11-18-17-7-2-1-5-15(17)8-9-20(18)29/h1-11,13,29H,12H2,(H,25,30)/b24-11-. The molecule has 1 heterocycles. The first-order valence-corrected chi connectivity index (χ1v) is 10.2. The molecule has 0 fully saturated rings. The summed E-state index contributed by atoms with van der Waals surface area (Å²) in [5.41, 5.74) is 2.74. The van der Waals surface area contributed by atoms with Crippen molar-refractivity contribution < 1.29 is 14.8 Å². The molecule has 160 valence electrons. The molecule has 0 aliphatic carbocycles. The third-order valence-corrected chi connectivity index (χ3v) is 5.19. The van der Waals surface area contributed by atoms with Crippen LogP contribution < -0.4 is 5.43 Å². The minimum absolute atomic E-state index is 0.00835. The fourth-order valence-corrected chi connectivity index (χ4v) is 3.68. The zero-order valence-corrected chi connectivity index (χ0v) is 18.1. The lowest BCUT2D eigenvalue weighted by molar-refractivity contribution is -0.385. The van der Waals surface area contributed by atoms with Crippen molar-refractivity contribution in [3.8, 4) is 5.75 Å². The molecule has 1 amide bonds. The molecule has 0 aliphatic rings. The van der Waals surface area contributed by atoms with E-state index >= 15 is 0 Å². The number of fused-ring (bicyclic) bond motifs is 1. The van der Waals surface area contributed by atoms with Crippen molar-refractivity contribution in [2.45, 2.75) is 6.54 Å². The SMILES string of the molecule is O=C(N/N=C\c1c(O)ccc2ccccc12)c1nn(Cc2cccc(Br)c2)cc1[N+](=O)[O-]. The van der Waals surface area contributed by atoms with E-state index in [0.717, 1.165) is 20.8 Å². The lowest BCUT2D eigenvalue weighted by Gasteiger charge is -2.04. The Bertz CT molecular complexity index is 1370. The Hall–Kier alpha value is -4.05. The topological polar surface area (TPSA) is 123 Å². The Morgan fingerprint density at radius 2 is 2.03 bits per heavy atom. The van der Waals surface area contributed by atoms with Crippen molar-refractivity contribution in [2.24, 2.45) is 5.10 Å². The first-order chi connectivity index (χ1) is 15.4. The Balaban J connectivity index is 1.56. The minimum Gasteiger partial charge on any atom is -0.507 e. The number of hydrogen-bond acceptors (Lipinski definition) is 6. The van der Waals surface area contributed by atoms with Crippen LogP contribution in [0.3, 0.4) is 0 Å². The van der Waals surface area contributed by atoms with Gasteiger partial charge in [-0.3, -0.25) is 19.6 Å². The highest BCUT2D eigenvalue weighted by molar-refractivity contribution is 9.10. The van der Waals surface area contributed by atoms with E-state index in [1.54, 1.807) is 6.07 Å². The molecule has 32 heavy (non-hydrogen) atoms. The summed E-state index contributed by atoms with van der Waals surface area (Å²) in [6, 6.07) is 18.1. The summed E-state index contributed by atoms with van der Waals surface area (Å²) in [6.07, 6.45) is 2.50. The molecule has 0 aliphatic heterocycles. The number of nitrogens with one attached hydrogen (secondary N) is 1. The number of carbonyl (C=O) groups is 1. The van der Waals surface area contributed by atoms with E-state index in [4.69, 9.17) is 0 Å². The number of hydrazone groups is 1. The van der Waals surface area contributed by atoms with Crippen molar-refractivity contribution in [1.82, 2.24) is 15.2 Å². The van der Waals surface area contributed by atoms with Crippen LogP contribution in [-0.4, -0.2) is 31.9 Å². The fraction of sp³-hybridized carbons (Fsp3) is 0.0455. The van der Waals surface area contributed by atoms with Gasteiger partial charge in [0.15, 0.2) is 0 Å². The Kier molecular flexibility index (Phi) is 5.95. The summed E-state index contributed by atoms with van der Waals surface area (Å²) >= 11 is 3.37. The number of phenolic OH excluding ortho intramolecular Hbond substituents is 1. The number of aromatic hydroxyl groups is 1. The van der Waals surface area contributed by atoms with Crippen LogP contribution in [0, 0.1) is 10.1 Å². The molecule has 0 saturated heterocycles. The molecular formula is C22H16BrN5O4. The van der Waals surface area contributed by atoms with Gasteiger partial charge in [-0.05, 0) is 34.5 Å². The normalized spacial score (nSPS) is 11.2. The van der Waals surface area contributed by atoms with Crippen LogP contribution in [0.25, 0.3) is 10.8 Å². The Morgan fingerprint density at radius 1 is 1.22 bits per heavy atom. The van der Waals surface area contributed by atoms with Gasteiger partial charge in [0, 0.05) is 10.0 Å².